The summed E-state index contributed by atoms with van der Waals surface area (Å²) in [6.45, 7) is 1.47. The van der Waals surface area contributed by atoms with E-state index >= 15 is 0 Å². The number of carbonyl (C=O) groups is 2. The second-order valence-electron chi connectivity index (χ2n) is 5.23. The molecule has 0 saturated carbocycles. The van der Waals surface area contributed by atoms with E-state index in [1.165, 1.54) is 0 Å². The van der Waals surface area contributed by atoms with Crippen LogP contribution in [-0.2, 0) is 9.53 Å². The third-order valence-corrected chi connectivity index (χ3v) is 3.71. The van der Waals surface area contributed by atoms with Gasteiger partial charge in [0.05, 0.1) is 16.2 Å². The number of carbonyl (C=O) groups excluding carboxylic acids is 2. The van der Waals surface area contributed by atoms with Crippen LogP contribution in [0.4, 0.5) is 5.69 Å². The van der Waals surface area contributed by atoms with Crippen LogP contribution in [0.1, 0.15) is 16.1 Å². The third-order valence-electron chi connectivity index (χ3n) is 3.40. The smallest absolute Gasteiger partial charge is 0.359 e. The van der Waals surface area contributed by atoms with Gasteiger partial charge in [-0.15, -0.1) is 0 Å². The highest BCUT2D eigenvalue weighted by Gasteiger charge is 2.17. The average molecular weight is 344 g/mol. The summed E-state index contributed by atoms with van der Waals surface area (Å²) in [7, 11) is 0. The zero-order valence-corrected chi connectivity index (χ0v) is 13.6. The number of nitrogens with one attached hydrogen (secondary N) is 2. The first kappa shape index (κ1) is 16.0. The molecule has 0 bridgehead atoms. The quantitative estimate of drug-likeness (QED) is 0.712. The molecule has 0 spiro atoms. The second kappa shape index (κ2) is 6.72. The molecule has 0 aliphatic carbocycles. The van der Waals surface area contributed by atoms with Crippen molar-refractivity contribution < 1.29 is 14.3 Å². The van der Waals surface area contributed by atoms with Crippen LogP contribution >= 0.6 is 11.6 Å². The minimum atomic E-state index is -0.669. The molecule has 0 fully saturated rings. The third kappa shape index (κ3) is 3.38. The lowest BCUT2D eigenvalue weighted by molar-refractivity contribution is -0.119. The lowest BCUT2D eigenvalue weighted by atomic mass is 10.2. The van der Waals surface area contributed by atoms with E-state index in [0.717, 1.165) is 11.1 Å². The Hall–Kier alpha value is -2.86. The summed E-state index contributed by atoms with van der Waals surface area (Å²) in [4.78, 5) is 24.0. The number of hydrogen-bond acceptors (Lipinski definition) is 4. The molecule has 3 aromatic rings. The van der Waals surface area contributed by atoms with Crippen LogP contribution in [0.15, 0.2) is 42.5 Å². The number of aromatic nitrogens is 2. The Morgan fingerprint density at radius 3 is 2.83 bits per heavy atom. The summed E-state index contributed by atoms with van der Waals surface area (Å²) >= 11 is 6.05. The fraction of sp³-hybridized carbons (Fsp3) is 0.118. The van der Waals surface area contributed by atoms with E-state index in [-0.39, 0.29) is 5.69 Å². The number of anilines is 1. The van der Waals surface area contributed by atoms with Crippen molar-refractivity contribution in [3.8, 4) is 0 Å². The van der Waals surface area contributed by atoms with Gasteiger partial charge in [-0.3, -0.25) is 9.89 Å². The van der Waals surface area contributed by atoms with Gasteiger partial charge in [-0.2, -0.15) is 5.10 Å². The number of rotatable bonds is 4. The van der Waals surface area contributed by atoms with E-state index in [1.54, 1.807) is 30.3 Å². The van der Waals surface area contributed by atoms with Crippen LogP contribution in [0.5, 0.6) is 0 Å². The number of H-pyrrole nitrogens is 1. The van der Waals surface area contributed by atoms with Crippen LogP contribution in [0.3, 0.4) is 0 Å². The second-order valence-corrected chi connectivity index (χ2v) is 5.63. The van der Waals surface area contributed by atoms with Gasteiger partial charge in [0.1, 0.15) is 0 Å². The minimum Gasteiger partial charge on any atom is -0.451 e. The van der Waals surface area contributed by atoms with Gasteiger partial charge in [-0.05, 0) is 30.7 Å². The van der Waals surface area contributed by atoms with E-state index in [1.807, 2.05) is 19.1 Å². The number of fused-ring (bicyclic) bond motifs is 1. The van der Waals surface area contributed by atoms with Crippen molar-refractivity contribution in [1.29, 1.82) is 0 Å². The molecular weight excluding hydrogens is 330 g/mol. The van der Waals surface area contributed by atoms with Crippen molar-refractivity contribution in [1.82, 2.24) is 10.2 Å². The standard InChI is InChI=1S/C17H14ClN3O3/c1-10-6-7-14(12(18)8-10)19-15(22)9-24-17(23)16-11-4-2-3-5-13(11)20-21-16/h2-8H,9H2,1H3,(H,19,22)(H,20,21). The Balaban J connectivity index is 1.62. The predicted octanol–water partition coefficient (Wildman–Crippen LogP) is 3.32. The Kier molecular flexibility index (Phi) is 4.48. The molecule has 24 heavy (non-hydrogen) atoms. The highest BCUT2D eigenvalue weighted by Crippen LogP contribution is 2.22. The molecule has 122 valence electrons. The number of halogens is 1. The Bertz CT molecular complexity index is 920. The molecular formula is C17H14ClN3O3. The first-order chi connectivity index (χ1) is 11.5. The van der Waals surface area contributed by atoms with E-state index in [0.29, 0.717) is 16.1 Å². The van der Waals surface area contributed by atoms with Gasteiger partial charge in [0, 0.05) is 5.39 Å². The van der Waals surface area contributed by atoms with Crippen molar-refractivity contribution in [2.75, 3.05) is 11.9 Å². The van der Waals surface area contributed by atoms with Gasteiger partial charge in [-0.25, -0.2) is 4.79 Å². The number of nitrogens with zero attached hydrogens (tertiary/aromatic N) is 1. The fourth-order valence-electron chi connectivity index (χ4n) is 2.23. The summed E-state index contributed by atoms with van der Waals surface area (Å²) in [6, 6.07) is 12.4. The van der Waals surface area contributed by atoms with Gasteiger partial charge >= 0.3 is 5.97 Å². The number of para-hydroxylation sites is 1. The molecule has 7 heteroatoms. The van der Waals surface area contributed by atoms with Crippen molar-refractivity contribution in [3.05, 3.63) is 58.7 Å². The van der Waals surface area contributed by atoms with Crippen LogP contribution in [0, 0.1) is 6.92 Å². The molecule has 0 saturated heterocycles. The van der Waals surface area contributed by atoms with Gasteiger partial charge in [0.15, 0.2) is 12.3 Å². The average Bonchev–Trinajstić information content (AvgIpc) is 2.99. The lowest BCUT2D eigenvalue weighted by Gasteiger charge is -2.08. The summed E-state index contributed by atoms with van der Waals surface area (Å²) in [6.07, 6.45) is 0. The van der Waals surface area contributed by atoms with E-state index < -0.39 is 18.5 Å². The summed E-state index contributed by atoms with van der Waals surface area (Å²) in [5, 5.41) is 10.3. The van der Waals surface area contributed by atoms with Crippen molar-refractivity contribution in [3.63, 3.8) is 0 Å². The Labute approximate surface area is 142 Å². The van der Waals surface area contributed by atoms with Crippen LogP contribution < -0.4 is 5.32 Å². The van der Waals surface area contributed by atoms with E-state index in [9.17, 15) is 9.59 Å². The Morgan fingerprint density at radius 1 is 1.25 bits per heavy atom. The molecule has 2 N–H and O–H groups in total. The molecule has 0 atom stereocenters. The molecule has 6 nitrogen and oxygen atoms in total. The normalized spacial score (nSPS) is 10.6. The number of ether oxygens (including phenoxy) is 1. The largest absolute Gasteiger partial charge is 0.451 e. The zero-order valence-electron chi connectivity index (χ0n) is 12.8. The van der Waals surface area contributed by atoms with Gasteiger partial charge in [0.25, 0.3) is 5.91 Å². The van der Waals surface area contributed by atoms with Crippen molar-refractivity contribution >= 4 is 40.1 Å². The van der Waals surface area contributed by atoms with Crippen LogP contribution in [0.25, 0.3) is 10.9 Å². The van der Waals surface area contributed by atoms with Crippen molar-refractivity contribution in [2.45, 2.75) is 6.92 Å². The number of benzene rings is 2. The molecule has 0 aliphatic heterocycles. The summed E-state index contributed by atoms with van der Waals surface area (Å²) < 4.78 is 5.02. The highest BCUT2D eigenvalue weighted by atomic mass is 35.5. The number of hydrogen-bond donors (Lipinski definition) is 2. The molecule has 1 heterocycles. The minimum absolute atomic E-state index is 0.145. The number of aryl methyl sites for hydroxylation is 1. The molecule has 1 aromatic heterocycles. The van der Waals surface area contributed by atoms with Gasteiger partial charge in [0.2, 0.25) is 0 Å². The Morgan fingerprint density at radius 2 is 2.04 bits per heavy atom. The van der Waals surface area contributed by atoms with E-state index in [2.05, 4.69) is 15.5 Å². The summed E-state index contributed by atoms with van der Waals surface area (Å²) in [5.74, 6) is -1.15. The SMILES string of the molecule is Cc1ccc(NC(=O)COC(=O)c2n[nH]c3ccccc23)c(Cl)c1. The molecule has 0 unspecified atom stereocenters. The van der Waals surface area contributed by atoms with E-state index in [4.69, 9.17) is 16.3 Å². The molecule has 0 radical (unpaired) electrons. The van der Waals surface area contributed by atoms with Crippen LogP contribution in [-0.4, -0.2) is 28.7 Å². The van der Waals surface area contributed by atoms with Crippen LogP contribution in [0.2, 0.25) is 5.02 Å². The maximum Gasteiger partial charge on any atom is 0.359 e. The van der Waals surface area contributed by atoms with Gasteiger partial charge in [-0.1, -0.05) is 35.9 Å². The molecule has 3 rings (SSSR count). The monoisotopic (exact) mass is 343 g/mol. The highest BCUT2D eigenvalue weighted by molar-refractivity contribution is 6.33. The lowest BCUT2D eigenvalue weighted by Crippen LogP contribution is -2.21. The zero-order chi connectivity index (χ0) is 17.1. The first-order valence-electron chi connectivity index (χ1n) is 7.21. The first-order valence-corrected chi connectivity index (χ1v) is 7.58. The molecule has 1 amide bonds. The topological polar surface area (TPSA) is 84.1 Å². The maximum absolute atomic E-state index is 12.1. The fourth-order valence-corrected chi connectivity index (χ4v) is 2.51. The van der Waals surface area contributed by atoms with Gasteiger partial charge < -0.3 is 10.1 Å². The predicted molar refractivity (Wildman–Crippen MR) is 91.2 cm³/mol. The van der Waals surface area contributed by atoms with Crippen molar-refractivity contribution in [2.24, 2.45) is 0 Å². The molecule has 0 aliphatic rings. The maximum atomic E-state index is 12.1. The number of aromatic amines is 1. The number of esters is 1. The number of amides is 1. The molecule has 2 aromatic carbocycles. The summed E-state index contributed by atoms with van der Waals surface area (Å²) in [5.41, 5.74) is 2.32.